The van der Waals surface area contributed by atoms with Gasteiger partial charge in [0.2, 0.25) is 0 Å². The highest BCUT2D eigenvalue weighted by atomic mass is 32.2. The highest BCUT2D eigenvalue weighted by Gasteiger charge is 2.15. The highest BCUT2D eigenvalue weighted by molar-refractivity contribution is 7.90. The van der Waals surface area contributed by atoms with E-state index < -0.39 is 9.84 Å². The third kappa shape index (κ3) is 3.20. The molecular weight excluding hydrogens is 190 g/mol. The fourth-order valence-corrected chi connectivity index (χ4v) is 2.09. The van der Waals surface area contributed by atoms with E-state index in [1.165, 1.54) is 12.5 Å². The molecule has 1 aromatic heterocycles. The highest BCUT2D eigenvalue weighted by Crippen LogP contribution is 2.14. The predicted octanol–water partition coefficient (Wildman–Crippen LogP) is 0.585. The minimum absolute atomic E-state index is 0.0863. The molecule has 1 rings (SSSR count). The van der Waals surface area contributed by atoms with Gasteiger partial charge in [0.25, 0.3) is 0 Å². The second kappa shape index (κ2) is 3.93. The maximum atomic E-state index is 11.0. The predicted molar refractivity (Wildman–Crippen MR) is 50.2 cm³/mol. The summed E-state index contributed by atoms with van der Waals surface area (Å²) in [7, 11) is -1.24. The molecule has 4 nitrogen and oxygen atoms in total. The van der Waals surface area contributed by atoms with Crippen molar-refractivity contribution in [3.05, 3.63) is 24.2 Å². The monoisotopic (exact) mass is 203 g/mol. The largest absolute Gasteiger partial charge is 0.472 e. The van der Waals surface area contributed by atoms with Gasteiger partial charge in [-0.1, -0.05) is 0 Å². The van der Waals surface area contributed by atoms with E-state index in [9.17, 15) is 8.42 Å². The summed E-state index contributed by atoms with van der Waals surface area (Å²) < 4.78 is 26.9. The zero-order valence-corrected chi connectivity index (χ0v) is 8.47. The van der Waals surface area contributed by atoms with Crippen molar-refractivity contribution in [2.75, 3.05) is 19.1 Å². The summed E-state index contributed by atoms with van der Waals surface area (Å²) >= 11 is 0. The van der Waals surface area contributed by atoms with Crippen LogP contribution in [0.1, 0.15) is 11.6 Å². The van der Waals surface area contributed by atoms with Crippen LogP contribution >= 0.6 is 0 Å². The molecule has 74 valence electrons. The number of sulfone groups is 1. The van der Waals surface area contributed by atoms with Crippen LogP contribution in [0.25, 0.3) is 0 Å². The van der Waals surface area contributed by atoms with Crippen LogP contribution in [-0.4, -0.2) is 27.5 Å². The van der Waals surface area contributed by atoms with Gasteiger partial charge in [0, 0.05) is 17.9 Å². The average Bonchev–Trinajstić information content (AvgIpc) is 2.50. The van der Waals surface area contributed by atoms with E-state index in [4.69, 9.17) is 4.42 Å². The third-order valence-electron chi connectivity index (χ3n) is 1.76. The summed E-state index contributed by atoms with van der Waals surface area (Å²) in [5, 5.41) is 2.92. The Morgan fingerprint density at radius 1 is 1.62 bits per heavy atom. The molecule has 0 aliphatic rings. The maximum absolute atomic E-state index is 11.0. The van der Waals surface area contributed by atoms with Gasteiger partial charge in [-0.25, -0.2) is 8.42 Å². The fraction of sp³-hybridized carbons (Fsp3) is 0.500. The zero-order valence-electron chi connectivity index (χ0n) is 7.65. The lowest BCUT2D eigenvalue weighted by Gasteiger charge is -2.12. The summed E-state index contributed by atoms with van der Waals surface area (Å²) in [5.74, 6) is 0.0863. The Labute approximate surface area is 77.9 Å². The number of furan rings is 1. The van der Waals surface area contributed by atoms with Crippen LogP contribution in [0.3, 0.4) is 0 Å². The average molecular weight is 203 g/mol. The summed E-state index contributed by atoms with van der Waals surface area (Å²) in [6.07, 6.45) is 4.30. The van der Waals surface area contributed by atoms with Crippen molar-refractivity contribution in [1.82, 2.24) is 5.32 Å². The zero-order chi connectivity index (χ0) is 9.90. The Bertz CT molecular complexity index is 341. The van der Waals surface area contributed by atoms with Crippen LogP contribution in [-0.2, 0) is 9.84 Å². The van der Waals surface area contributed by atoms with Crippen LogP contribution in [0.2, 0.25) is 0 Å². The first-order chi connectivity index (χ1) is 6.03. The minimum Gasteiger partial charge on any atom is -0.472 e. The first-order valence-corrected chi connectivity index (χ1v) is 5.96. The van der Waals surface area contributed by atoms with Gasteiger partial charge >= 0.3 is 0 Å². The molecule has 13 heavy (non-hydrogen) atoms. The molecule has 5 heteroatoms. The van der Waals surface area contributed by atoms with Gasteiger partial charge in [0.15, 0.2) is 0 Å². The molecule has 1 atom stereocenters. The van der Waals surface area contributed by atoms with Crippen molar-refractivity contribution < 1.29 is 12.8 Å². The van der Waals surface area contributed by atoms with Crippen LogP contribution in [0.15, 0.2) is 23.0 Å². The fourth-order valence-electron chi connectivity index (χ4n) is 1.12. The first-order valence-electron chi connectivity index (χ1n) is 3.90. The molecule has 0 spiro atoms. The molecule has 0 aromatic carbocycles. The number of hydrogen-bond donors (Lipinski definition) is 1. The summed E-state index contributed by atoms with van der Waals surface area (Å²) in [4.78, 5) is 0. The van der Waals surface area contributed by atoms with E-state index in [1.807, 2.05) is 0 Å². The van der Waals surface area contributed by atoms with Gasteiger partial charge in [0.05, 0.1) is 18.3 Å². The van der Waals surface area contributed by atoms with Gasteiger partial charge in [0.1, 0.15) is 9.84 Å². The van der Waals surface area contributed by atoms with Crippen LogP contribution in [0.5, 0.6) is 0 Å². The number of rotatable bonds is 4. The molecule has 1 N–H and O–H groups in total. The molecule has 0 amide bonds. The Kier molecular flexibility index (Phi) is 3.11. The number of nitrogens with one attached hydrogen (secondary N) is 1. The molecule has 0 saturated heterocycles. The molecule has 0 aliphatic heterocycles. The summed E-state index contributed by atoms with van der Waals surface area (Å²) in [5.41, 5.74) is 0.855. The Hall–Kier alpha value is -0.810. The van der Waals surface area contributed by atoms with E-state index in [0.717, 1.165) is 5.56 Å². The van der Waals surface area contributed by atoms with Gasteiger partial charge in [-0.3, -0.25) is 0 Å². The molecule has 0 saturated carbocycles. The van der Waals surface area contributed by atoms with E-state index in [-0.39, 0.29) is 11.8 Å². The molecule has 0 bridgehead atoms. The summed E-state index contributed by atoms with van der Waals surface area (Å²) in [6.45, 7) is 0. The van der Waals surface area contributed by atoms with Gasteiger partial charge in [-0.05, 0) is 13.1 Å². The van der Waals surface area contributed by atoms with E-state index >= 15 is 0 Å². The number of hydrogen-bond acceptors (Lipinski definition) is 4. The lowest BCUT2D eigenvalue weighted by molar-refractivity contribution is 0.549. The smallest absolute Gasteiger partial charge is 0.149 e. The van der Waals surface area contributed by atoms with E-state index in [2.05, 4.69) is 5.32 Å². The second-order valence-electron chi connectivity index (χ2n) is 2.99. The molecule has 1 heterocycles. The Balaban J connectivity index is 2.76. The van der Waals surface area contributed by atoms with Gasteiger partial charge in [-0.15, -0.1) is 0 Å². The van der Waals surface area contributed by atoms with Crippen molar-refractivity contribution in [2.45, 2.75) is 6.04 Å². The quantitative estimate of drug-likeness (QED) is 0.777. The third-order valence-corrected chi connectivity index (χ3v) is 2.70. The molecule has 1 aromatic rings. The van der Waals surface area contributed by atoms with E-state index in [0.29, 0.717) is 0 Å². The van der Waals surface area contributed by atoms with E-state index in [1.54, 1.807) is 19.4 Å². The summed E-state index contributed by atoms with van der Waals surface area (Å²) in [6, 6.07) is 1.57. The topological polar surface area (TPSA) is 59.3 Å². The molecular formula is C8H13NO3S. The second-order valence-corrected chi connectivity index (χ2v) is 5.18. The molecule has 0 fully saturated rings. The van der Waals surface area contributed by atoms with Crippen molar-refractivity contribution in [2.24, 2.45) is 0 Å². The van der Waals surface area contributed by atoms with Crippen molar-refractivity contribution in [1.29, 1.82) is 0 Å². The minimum atomic E-state index is -2.97. The lowest BCUT2D eigenvalue weighted by atomic mass is 10.2. The maximum Gasteiger partial charge on any atom is 0.149 e. The molecule has 0 aliphatic carbocycles. The van der Waals surface area contributed by atoms with Gasteiger partial charge in [-0.2, -0.15) is 0 Å². The van der Waals surface area contributed by atoms with Gasteiger partial charge < -0.3 is 9.73 Å². The Morgan fingerprint density at radius 2 is 2.31 bits per heavy atom. The van der Waals surface area contributed by atoms with Crippen LogP contribution in [0, 0.1) is 0 Å². The molecule has 1 unspecified atom stereocenters. The Morgan fingerprint density at radius 3 is 2.69 bits per heavy atom. The van der Waals surface area contributed by atoms with Crippen LogP contribution < -0.4 is 5.32 Å². The van der Waals surface area contributed by atoms with Crippen molar-refractivity contribution >= 4 is 9.84 Å². The van der Waals surface area contributed by atoms with Crippen molar-refractivity contribution in [3.8, 4) is 0 Å². The van der Waals surface area contributed by atoms with Crippen molar-refractivity contribution in [3.63, 3.8) is 0 Å². The lowest BCUT2D eigenvalue weighted by Crippen LogP contribution is -2.24. The van der Waals surface area contributed by atoms with Crippen LogP contribution in [0.4, 0.5) is 0 Å². The normalized spacial score (nSPS) is 14.3. The first kappa shape index (κ1) is 10.3. The molecule has 0 radical (unpaired) electrons. The SMILES string of the molecule is CNC(CS(C)(=O)=O)c1ccoc1. The standard InChI is InChI=1S/C8H13NO3S/c1-9-8(6-13(2,10)11)7-3-4-12-5-7/h3-5,8-9H,6H2,1-2H3.